The van der Waals surface area contributed by atoms with Crippen molar-refractivity contribution < 1.29 is 0 Å². The summed E-state index contributed by atoms with van der Waals surface area (Å²) in [5, 5.41) is 7.65. The summed E-state index contributed by atoms with van der Waals surface area (Å²) in [6.45, 7) is 5.06. The summed E-state index contributed by atoms with van der Waals surface area (Å²) in [4.78, 5) is 10.9. The quantitative estimate of drug-likeness (QED) is 0.335. The molecule has 0 bridgehead atoms. The van der Waals surface area contributed by atoms with Gasteiger partial charge < -0.3 is 15.5 Å². The number of aromatic nitrogens is 1. The molecule has 1 aromatic heterocycles. The molecule has 0 amide bonds. The van der Waals surface area contributed by atoms with Gasteiger partial charge >= 0.3 is 0 Å². The van der Waals surface area contributed by atoms with Crippen LogP contribution in [-0.4, -0.2) is 38.6 Å². The van der Waals surface area contributed by atoms with E-state index in [1.165, 1.54) is 5.56 Å². The second kappa shape index (κ2) is 9.34. The van der Waals surface area contributed by atoms with Crippen LogP contribution in [0.4, 0.5) is 5.82 Å². The number of anilines is 1. The molecule has 0 fully saturated rings. The van der Waals surface area contributed by atoms with Crippen LogP contribution < -0.4 is 15.5 Å². The third kappa shape index (κ3) is 5.09. The summed E-state index contributed by atoms with van der Waals surface area (Å²) in [7, 11) is 5.76. The average Bonchev–Trinajstić information content (AvgIpc) is 2.54. The number of hydrogen-bond acceptors (Lipinski definition) is 3. The molecule has 124 valence electrons. The molecule has 1 aromatic carbocycles. The number of pyridine rings is 1. The number of para-hydroxylation sites is 1. The van der Waals surface area contributed by atoms with Gasteiger partial charge in [0.2, 0.25) is 0 Å². The lowest BCUT2D eigenvalue weighted by Crippen LogP contribution is -2.36. The van der Waals surface area contributed by atoms with E-state index in [0.29, 0.717) is 13.1 Å². The molecular weight excluding hydrogens is 401 g/mol. The number of halogens is 1. The monoisotopic (exact) mass is 425 g/mol. The van der Waals surface area contributed by atoms with Crippen LogP contribution in [0.5, 0.6) is 0 Å². The number of aliphatic imine (C=N–C) groups is 1. The Morgan fingerprint density at radius 2 is 2.04 bits per heavy atom. The van der Waals surface area contributed by atoms with Crippen molar-refractivity contribution in [2.45, 2.75) is 6.54 Å². The number of guanidine groups is 1. The molecule has 0 aliphatic heterocycles. The zero-order valence-corrected chi connectivity index (χ0v) is 16.2. The first-order valence-corrected chi connectivity index (χ1v) is 7.27. The number of nitrogens with one attached hydrogen (secondary N) is 2. The Labute approximate surface area is 154 Å². The molecule has 0 saturated carbocycles. The van der Waals surface area contributed by atoms with E-state index in [2.05, 4.69) is 39.3 Å². The normalized spacial score (nSPS) is 10.8. The Morgan fingerprint density at radius 3 is 2.70 bits per heavy atom. The van der Waals surface area contributed by atoms with Crippen LogP contribution in [0.1, 0.15) is 5.56 Å². The summed E-state index contributed by atoms with van der Waals surface area (Å²) in [5.74, 6) is 1.71. The number of benzene rings is 1. The molecule has 23 heavy (non-hydrogen) atoms. The Balaban J connectivity index is 0.00000264. The number of hydrogen-bond donors (Lipinski definition) is 2. The fourth-order valence-corrected chi connectivity index (χ4v) is 2.18. The first-order chi connectivity index (χ1) is 10.7. The van der Waals surface area contributed by atoms with Crippen molar-refractivity contribution in [1.82, 2.24) is 15.6 Å². The maximum Gasteiger partial charge on any atom is 0.191 e. The molecular formula is C17H24IN5. The van der Waals surface area contributed by atoms with E-state index in [1.807, 2.05) is 37.2 Å². The zero-order chi connectivity index (χ0) is 15.9. The highest BCUT2D eigenvalue weighted by Gasteiger charge is 2.07. The molecule has 2 rings (SSSR count). The van der Waals surface area contributed by atoms with Crippen LogP contribution >= 0.6 is 24.0 Å². The number of rotatable bonds is 5. The van der Waals surface area contributed by atoms with E-state index < -0.39 is 0 Å². The summed E-state index contributed by atoms with van der Waals surface area (Å²) >= 11 is 0. The second-order valence-corrected chi connectivity index (χ2v) is 5.15. The fourth-order valence-electron chi connectivity index (χ4n) is 2.18. The van der Waals surface area contributed by atoms with Crippen molar-refractivity contribution in [3.05, 3.63) is 48.6 Å². The van der Waals surface area contributed by atoms with Gasteiger partial charge in [0.15, 0.2) is 5.96 Å². The molecule has 2 N–H and O–H groups in total. The van der Waals surface area contributed by atoms with E-state index in [9.17, 15) is 0 Å². The highest BCUT2D eigenvalue weighted by atomic mass is 127. The number of nitrogens with zero attached hydrogens (tertiary/aromatic N) is 3. The van der Waals surface area contributed by atoms with Gasteiger partial charge in [-0.25, -0.2) is 4.98 Å². The molecule has 0 aliphatic carbocycles. The zero-order valence-electron chi connectivity index (χ0n) is 13.8. The van der Waals surface area contributed by atoms with E-state index >= 15 is 0 Å². The van der Waals surface area contributed by atoms with Crippen molar-refractivity contribution in [3.8, 4) is 0 Å². The molecule has 0 aliphatic rings. The van der Waals surface area contributed by atoms with Crippen LogP contribution in [0.15, 0.2) is 48.0 Å². The Morgan fingerprint density at radius 1 is 1.30 bits per heavy atom. The number of fused-ring (bicyclic) bond motifs is 1. The van der Waals surface area contributed by atoms with Gasteiger partial charge in [0.05, 0.1) is 5.52 Å². The van der Waals surface area contributed by atoms with Crippen LogP contribution in [-0.2, 0) is 6.54 Å². The van der Waals surface area contributed by atoms with Crippen LogP contribution in [0.3, 0.4) is 0 Å². The summed E-state index contributed by atoms with van der Waals surface area (Å²) in [6.07, 6.45) is 1.80. The van der Waals surface area contributed by atoms with Gasteiger partial charge in [-0.05, 0) is 17.7 Å². The molecule has 5 nitrogen and oxygen atoms in total. The molecule has 0 saturated heterocycles. The van der Waals surface area contributed by atoms with Crippen molar-refractivity contribution in [2.75, 3.05) is 32.6 Å². The lowest BCUT2D eigenvalue weighted by atomic mass is 10.1. The van der Waals surface area contributed by atoms with E-state index in [0.717, 1.165) is 22.7 Å². The van der Waals surface area contributed by atoms with Gasteiger partial charge in [0.1, 0.15) is 5.82 Å². The standard InChI is InChI=1S/C17H23N5.HI/c1-5-10-19-17(18-2)20-12-13-11-16(22(3)4)21-15-9-7-6-8-14(13)15;/h5-9,11H,1,10,12H2,2-4H3,(H2,18,19,20);1H. The summed E-state index contributed by atoms with van der Waals surface area (Å²) in [6, 6.07) is 10.3. The smallest absolute Gasteiger partial charge is 0.191 e. The van der Waals surface area contributed by atoms with Crippen molar-refractivity contribution >= 4 is 46.7 Å². The third-order valence-electron chi connectivity index (χ3n) is 3.33. The fraction of sp³-hybridized carbons (Fsp3) is 0.294. The highest BCUT2D eigenvalue weighted by molar-refractivity contribution is 14.0. The van der Waals surface area contributed by atoms with E-state index in [-0.39, 0.29) is 24.0 Å². The molecule has 0 unspecified atom stereocenters. The minimum Gasteiger partial charge on any atom is -0.363 e. The van der Waals surface area contributed by atoms with E-state index in [1.54, 1.807) is 13.1 Å². The Bertz CT molecular complexity index is 682. The maximum atomic E-state index is 4.67. The minimum atomic E-state index is 0. The SMILES string of the molecule is C=CCNC(=NC)NCc1cc(N(C)C)nc2ccccc12.I. The van der Waals surface area contributed by atoms with E-state index in [4.69, 9.17) is 0 Å². The average molecular weight is 425 g/mol. The summed E-state index contributed by atoms with van der Waals surface area (Å²) in [5.41, 5.74) is 2.19. The Kier molecular flexibility index (Phi) is 7.80. The lowest BCUT2D eigenvalue weighted by Gasteiger charge is -2.16. The van der Waals surface area contributed by atoms with Crippen molar-refractivity contribution in [1.29, 1.82) is 0 Å². The minimum absolute atomic E-state index is 0. The second-order valence-electron chi connectivity index (χ2n) is 5.15. The lowest BCUT2D eigenvalue weighted by molar-refractivity contribution is 0.850. The van der Waals surface area contributed by atoms with Crippen LogP contribution in [0, 0.1) is 0 Å². The van der Waals surface area contributed by atoms with Gasteiger partial charge in [0.25, 0.3) is 0 Å². The van der Waals surface area contributed by atoms with Gasteiger partial charge in [-0.2, -0.15) is 0 Å². The van der Waals surface area contributed by atoms with Gasteiger partial charge in [-0.3, -0.25) is 4.99 Å². The van der Waals surface area contributed by atoms with Crippen LogP contribution in [0.2, 0.25) is 0 Å². The van der Waals surface area contributed by atoms with Gasteiger partial charge in [0, 0.05) is 39.6 Å². The molecule has 0 atom stereocenters. The maximum absolute atomic E-state index is 4.67. The van der Waals surface area contributed by atoms with Crippen molar-refractivity contribution in [3.63, 3.8) is 0 Å². The van der Waals surface area contributed by atoms with Gasteiger partial charge in [-0.15, -0.1) is 30.6 Å². The predicted molar refractivity (Wildman–Crippen MR) is 110 cm³/mol. The first kappa shape index (κ1) is 19.2. The highest BCUT2D eigenvalue weighted by Crippen LogP contribution is 2.21. The first-order valence-electron chi connectivity index (χ1n) is 7.27. The topological polar surface area (TPSA) is 52.6 Å². The Hall–Kier alpha value is -1.83. The summed E-state index contributed by atoms with van der Waals surface area (Å²) < 4.78 is 0. The van der Waals surface area contributed by atoms with Gasteiger partial charge in [-0.1, -0.05) is 24.3 Å². The largest absolute Gasteiger partial charge is 0.363 e. The predicted octanol–water partition coefficient (Wildman–Crippen LogP) is 2.77. The molecule has 0 radical (unpaired) electrons. The third-order valence-corrected chi connectivity index (χ3v) is 3.33. The van der Waals surface area contributed by atoms with Crippen molar-refractivity contribution in [2.24, 2.45) is 4.99 Å². The molecule has 2 aromatic rings. The molecule has 1 heterocycles. The molecule has 0 spiro atoms. The van der Waals surface area contributed by atoms with Crippen LogP contribution in [0.25, 0.3) is 10.9 Å². The molecule has 6 heteroatoms.